The lowest BCUT2D eigenvalue weighted by molar-refractivity contribution is 0.111. The van der Waals surface area contributed by atoms with E-state index in [2.05, 4.69) is 23.9 Å². The monoisotopic (exact) mass is 222 g/mol. The molecule has 4 heteroatoms. The van der Waals surface area contributed by atoms with Crippen molar-refractivity contribution in [2.45, 2.75) is 38.6 Å². The fourth-order valence-electron chi connectivity index (χ4n) is 2.25. The quantitative estimate of drug-likeness (QED) is 0.734. The molecule has 1 aromatic rings. The Bertz CT molecular complexity index is 352. The van der Waals surface area contributed by atoms with Gasteiger partial charge in [-0.25, -0.2) is 0 Å². The zero-order chi connectivity index (χ0) is 11.5. The Morgan fingerprint density at radius 1 is 1.50 bits per heavy atom. The van der Waals surface area contributed by atoms with Crippen LogP contribution in [0.3, 0.4) is 0 Å². The molecule has 0 unspecified atom stereocenters. The van der Waals surface area contributed by atoms with Gasteiger partial charge in [-0.1, -0.05) is 5.16 Å². The SMILES string of the molecule is CC(C)N1CCC(c2cc(C=O)no2)CC1. The van der Waals surface area contributed by atoms with E-state index in [0.29, 0.717) is 17.7 Å². The van der Waals surface area contributed by atoms with E-state index in [4.69, 9.17) is 4.52 Å². The minimum atomic E-state index is 0.404. The molecule has 1 aromatic heterocycles. The Labute approximate surface area is 95.6 Å². The molecule has 0 aliphatic carbocycles. The fourth-order valence-corrected chi connectivity index (χ4v) is 2.25. The first-order valence-corrected chi connectivity index (χ1v) is 5.86. The Kier molecular flexibility index (Phi) is 3.39. The van der Waals surface area contributed by atoms with Crippen molar-refractivity contribution in [1.29, 1.82) is 0 Å². The molecule has 16 heavy (non-hydrogen) atoms. The van der Waals surface area contributed by atoms with Crippen molar-refractivity contribution in [2.75, 3.05) is 13.1 Å². The maximum atomic E-state index is 10.5. The highest BCUT2D eigenvalue weighted by Crippen LogP contribution is 2.28. The highest BCUT2D eigenvalue weighted by molar-refractivity contribution is 5.71. The van der Waals surface area contributed by atoms with Gasteiger partial charge in [-0.15, -0.1) is 0 Å². The van der Waals surface area contributed by atoms with Crippen LogP contribution in [0.5, 0.6) is 0 Å². The minimum Gasteiger partial charge on any atom is -0.360 e. The number of likely N-dealkylation sites (tertiary alicyclic amines) is 1. The summed E-state index contributed by atoms with van der Waals surface area (Å²) in [6.45, 7) is 6.64. The molecule has 4 nitrogen and oxygen atoms in total. The fraction of sp³-hybridized carbons (Fsp3) is 0.667. The maximum Gasteiger partial charge on any atom is 0.171 e. The maximum absolute atomic E-state index is 10.5. The van der Waals surface area contributed by atoms with Crippen molar-refractivity contribution in [3.05, 3.63) is 17.5 Å². The molecule has 2 heterocycles. The van der Waals surface area contributed by atoms with Gasteiger partial charge in [0.1, 0.15) is 11.5 Å². The van der Waals surface area contributed by atoms with Crippen LogP contribution in [0.4, 0.5) is 0 Å². The number of carbonyl (C=O) groups excluding carboxylic acids is 1. The molecule has 1 saturated heterocycles. The van der Waals surface area contributed by atoms with E-state index in [1.807, 2.05) is 0 Å². The predicted molar refractivity (Wildman–Crippen MR) is 60.6 cm³/mol. The molecule has 0 atom stereocenters. The van der Waals surface area contributed by atoms with Crippen molar-refractivity contribution >= 4 is 6.29 Å². The molecule has 0 aromatic carbocycles. The summed E-state index contributed by atoms with van der Waals surface area (Å²) in [5.74, 6) is 1.29. The summed E-state index contributed by atoms with van der Waals surface area (Å²) in [6, 6.07) is 2.38. The number of hydrogen-bond acceptors (Lipinski definition) is 4. The van der Waals surface area contributed by atoms with Crippen LogP contribution in [0.15, 0.2) is 10.6 Å². The van der Waals surface area contributed by atoms with Gasteiger partial charge in [0, 0.05) is 18.0 Å². The molecule has 1 fully saturated rings. The largest absolute Gasteiger partial charge is 0.360 e. The molecule has 2 rings (SSSR count). The number of hydrogen-bond donors (Lipinski definition) is 0. The predicted octanol–water partition coefficient (Wildman–Crippen LogP) is 2.07. The van der Waals surface area contributed by atoms with Gasteiger partial charge in [-0.3, -0.25) is 4.79 Å². The highest BCUT2D eigenvalue weighted by atomic mass is 16.5. The first-order valence-electron chi connectivity index (χ1n) is 5.86. The zero-order valence-corrected chi connectivity index (χ0v) is 9.85. The summed E-state index contributed by atoms with van der Waals surface area (Å²) in [5.41, 5.74) is 0.404. The second-order valence-electron chi connectivity index (χ2n) is 4.68. The van der Waals surface area contributed by atoms with Crippen LogP contribution in [0.25, 0.3) is 0 Å². The average Bonchev–Trinajstić information content (AvgIpc) is 2.77. The second kappa shape index (κ2) is 4.78. The number of carbonyl (C=O) groups is 1. The third kappa shape index (κ3) is 2.32. The van der Waals surface area contributed by atoms with Gasteiger partial charge in [0.05, 0.1) is 0 Å². The Morgan fingerprint density at radius 2 is 2.19 bits per heavy atom. The van der Waals surface area contributed by atoms with E-state index in [1.54, 1.807) is 6.07 Å². The van der Waals surface area contributed by atoms with Crippen LogP contribution in [-0.2, 0) is 0 Å². The van der Waals surface area contributed by atoms with E-state index in [0.717, 1.165) is 38.0 Å². The van der Waals surface area contributed by atoms with E-state index in [-0.39, 0.29) is 0 Å². The third-order valence-corrected chi connectivity index (χ3v) is 3.33. The summed E-state index contributed by atoms with van der Waals surface area (Å²) in [4.78, 5) is 13.0. The van der Waals surface area contributed by atoms with Gasteiger partial charge < -0.3 is 9.42 Å². The van der Waals surface area contributed by atoms with Crippen LogP contribution >= 0.6 is 0 Å². The molecule has 0 saturated carbocycles. The summed E-state index contributed by atoms with van der Waals surface area (Å²) < 4.78 is 5.19. The molecule has 0 N–H and O–H groups in total. The van der Waals surface area contributed by atoms with E-state index in [9.17, 15) is 4.79 Å². The first kappa shape index (κ1) is 11.3. The second-order valence-corrected chi connectivity index (χ2v) is 4.68. The Balaban J connectivity index is 1.96. The molecular weight excluding hydrogens is 204 g/mol. The normalized spacial score (nSPS) is 19.2. The summed E-state index contributed by atoms with van der Waals surface area (Å²) in [5, 5.41) is 3.71. The summed E-state index contributed by atoms with van der Waals surface area (Å²) in [6.07, 6.45) is 2.91. The van der Waals surface area contributed by atoms with Crippen LogP contribution in [0.2, 0.25) is 0 Å². The number of rotatable bonds is 3. The topological polar surface area (TPSA) is 46.3 Å². The molecule has 0 amide bonds. The van der Waals surface area contributed by atoms with Gasteiger partial charge in [-0.2, -0.15) is 0 Å². The lowest BCUT2D eigenvalue weighted by Crippen LogP contribution is -2.37. The van der Waals surface area contributed by atoms with Crippen molar-refractivity contribution in [3.63, 3.8) is 0 Å². The molecule has 0 radical (unpaired) electrons. The van der Waals surface area contributed by atoms with Gasteiger partial charge in [0.2, 0.25) is 0 Å². The molecular formula is C12H18N2O2. The standard InChI is InChI=1S/C12H18N2O2/c1-9(2)14-5-3-10(4-6-14)12-7-11(8-15)13-16-12/h7-10H,3-6H2,1-2H3. The van der Waals surface area contributed by atoms with Gasteiger partial charge in [-0.05, 0) is 39.8 Å². The molecule has 1 aliphatic rings. The minimum absolute atomic E-state index is 0.404. The number of nitrogens with zero attached hydrogens (tertiary/aromatic N) is 2. The third-order valence-electron chi connectivity index (χ3n) is 3.33. The van der Waals surface area contributed by atoms with Gasteiger partial charge in [0.25, 0.3) is 0 Å². The highest BCUT2D eigenvalue weighted by Gasteiger charge is 2.24. The average molecular weight is 222 g/mol. The number of piperidine rings is 1. The smallest absolute Gasteiger partial charge is 0.171 e. The molecule has 0 spiro atoms. The lowest BCUT2D eigenvalue weighted by atomic mass is 9.93. The number of aromatic nitrogens is 1. The Morgan fingerprint density at radius 3 is 2.69 bits per heavy atom. The van der Waals surface area contributed by atoms with Crippen LogP contribution in [0, 0.1) is 0 Å². The number of aldehydes is 1. The van der Waals surface area contributed by atoms with Crippen molar-refractivity contribution in [2.24, 2.45) is 0 Å². The van der Waals surface area contributed by atoms with Crippen LogP contribution in [-0.4, -0.2) is 35.5 Å². The zero-order valence-electron chi connectivity index (χ0n) is 9.85. The Hall–Kier alpha value is -1.16. The summed E-state index contributed by atoms with van der Waals surface area (Å²) >= 11 is 0. The van der Waals surface area contributed by atoms with Gasteiger partial charge >= 0.3 is 0 Å². The van der Waals surface area contributed by atoms with Crippen molar-refractivity contribution in [1.82, 2.24) is 10.1 Å². The molecule has 1 aliphatic heterocycles. The lowest BCUT2D eigenvalue weighted by Gasteiger charge is -2.33. The van der Waals surface area contributed by atoms with Crippen molar-refractivity contribution in [3.8, 4) is 0 Å². The van der Waals surface area contributed by atoms with E-state index in [1.165, 1.54) is 0 Å². The van der Waals surface area contributed by atoms with E-state index < -0.39 is 0 Å². The molecule has 0 bridgehead atoms. The van der Waals surface area contributed by atoms with Crippen molar-refractivity contribution < 1.29 is 9.32 Å². The van der Waals surface area contributed by atoms with Crippen LogP contribution < -0.4 is 0 Å². The van der Waals surface area contributed by atoms with Gasteiger partial charge in [0.15, 0.2) is 6.29 Å². The van der Waals surface area contributed by atoms with E-state index >= 15 is 0 Å². The molecule has 88 valence electrons. The van der Waals surface area contributed by atoms with Crippen LogP contribution in [0.1, 0.15) is 48.9 Å². The summed E-state index contributed by atoms with van der Waals surface area (Å²) in [7, 11) is 0. The first-order chi connectivity index (χ1) is 7.70.